The molecule has 86 valence electrons. The summed E-state index contributed by atoms with van der Waals surface area (Å²) in [6.45, 7) is 1.81. The van der Waals surface area contributed by atoms with Crippen molar-refractivity contribution >= 4 is 5.78 Å². The fraction of sp³-hybridized carbons (Fsp3) is 0.462. The zero-order valence-corrected chi connectivity index (χ0v) is 9.53. The van der Waals surface area contributed by atoms with Crippen molar-refractivity contribution in [2.45, 2.75) is 12.8 Å². The van der Waals surface area contributed by atoms with Crippen LogP contribution in [0.5, 0.6) is 5.75 Å². The fourth-order valence-corrected chi connectivity index (χ4v) is 2.14. The van der Waals surface area contributed by atoms with Crippen LogP contribution in [0.25, 0.3) is 0 Å². The van der Waals surface area contributed by atoms with Gasteiger partial charge in [-0.15, -0.1) is 0 Å². The van der Waals surface area contributed by atoms with Crippen LogP contribution in [0, 0.1) is 5.92 Å². The second-order valence-electron chi connectivity index (χ2n) is 4.11. The molecular weight excluding hydrogens is 202 g/mol. The lowest BCUT2D eigenvalue weighted by molar-refractivity contribution is 0.0896. The SMILES string of the molecule is COc1ccccc1C(=O)[C@@H]1CCCNC1. The molecule has 1 heterocycles. The third kappa shape index (κ3) is 2.25. The zero-order valence-electron chi connectivity index (χ0n) is 9.53. The number of carbonyl (C=O) groups is 1. The summed E-state index contributed by atoms with van der Waals surface area (Å²) in [7, 11) is 1.60. The predicted octanol–water partition coefficient (Wildman–Crippen LogP) is 1.88. The minimum Gasteiger partial charge on any atom is -0.496 e. The Hall–Kier alpha value is -1.35. The van der Waals surface area contributed by atoms with Crippen molar-refractivity contribution in [1.82, 2.24) is 5.32 Å². The standard InChI is InChI=1S/C13H17NO2/c1-16-12-7-3-2-6-11(12)13(15)10-5-4-8-14-9-10/h2-3,6-7,10,14H,4-5,8-9H2,1H3/t10-/m1/s1. The quantitative estimate of drug-likeness (QED) is 0.789. The first-order valence-corrected chi connectivity index (χ1v) is 5.71. The number of carbonyl (C=O) groups excluding carboxylic acids is 1. The molecule has 3 heteroatoms. The van der Waals surface area contributed by atoms with E-state index >= 15 is 0 Å². The number of piperidine rings is 1. The van der Waals surface area contributed by atoms with Gasteiger partial charge in [-0.2, -0.15) is 0 Å². The molecule has 0 amide bonds. The van der Waals surface area contributed by atoms with Crippen molar-refractivity contribution in [2.75, 3.05) is 20.2 Å². The number of methoxy groups -OCH3 is 1. The molecule has 0 radical (unpaired) electrons. The van der Waals surface area contributed by atoms with Gasteiger partial charge in [0.2, 0.25) is 0 Å². The maximum Gasteiger partial charge on any atom is 0.170 e. The number of benzene rings is 1. The van der Waals surface area contributed by atoms with Crippen molar-refractivity contribution in [1.29, 1.82) is 0 Å². The number of para-hydroxylation sites is 1. The van der Waals surface area contributed by atoms with Crippen molar-refractivity contribution in [3.8, 4) is 5.75 Å². The van der Waals surface area contributed by atoms with E-state index in [2.05, 4.69) is 5.32 Å². The average Bonchev–Trinajstić information content (AvgIpc) is 2.39. The summed E-state index contributed by atoms with van der Waals surface area (Å²) in [5.74, 6) is 0.979. The molecular formula is C13H17NO2. The Labute approximate surface area is 95.8 Å². The van der Waals surface area contributed by atoms with Gasteiger partial charge < -0.3 is 10.1 Å². The number of hydrogen-bond donors (Lipinski definition) is 1. The van der Waals surface area contributed by atoms with Crippen molar-refractivity contribution in [3.63, 3.8) is 0 Å². The number of ether oxygens (including phenoxy) is 1. The van der Waals surface area contributed by atoms with Gasteiger partial charge in [0.05, 0.1) is 12.7 Å². The Kier molecular flexibility index (Phi) is 3.57. The number of nitrogens with one attached hydrogen (secondary N) is 1. The van der Waals surface area contributed by atoms with Crippen LogP contribution in [-0.2, 0) is 0 Å². The fourth-order valence-electron chi connectivity index (χ4n) is 2.14. The van der Waals surface area contributed by atoms with Gasteiger partial charge in [0.25, 0.3) is 0 Å². The minimum absolute atomic E-state index is 0.102. The van der Waals surface area contributed by atoms with Gasteiger partial charge in [0.1, 0.15) is 5.75 Å². The van der Waals surface area contributed by atoms with Crippen LogP contribution in [0.2, 0.25) is 0 Å². The molecule has 1 aromatic carbocycles. The van der Waals surface area contributed by atoms with Gasteiger partial charge in [0, 0.05) is 12.5 Å². The molecule has 0 spiro atoms. The number of ketones is 1. The van der Waals surface area contributed by atoms with Crippen molar-refractivity contribution in [3.05, 3.63) is 29.8 Å². The summed E-state index contributed by atoms with van der Waals surface area (Å²) >= 11 is 0. The Morgan fingerprint density at radius 1 is 1.44 bits per heavy atom. The molecule has 16 heavy (non-hydrogen) atoms. The molecule has 0 unspecified atom stereocenters. The summed E-state index contributed by atoms with van der Waals surface area (Å²) in [5.41, 5.74) is 0.707. The molecule has 1 aliphatic rings. The molecule has 1 aromatic rings. The molecule has 1 N–H and O–H groups in total. The molecule has 0 saturated carbocycles. The van der Waals surface area contributed by atoms with Gasteiger partial charge >= 0.3 is 0 Å². The van der Waals surface area contributed by atoms with Gasteiger partial charge in [-0.25, -0.2) is 0 Å². The lowest BCUT2D eigenvalue weighted by atomic mass is 9.90. The molecule has 1 saturated heterocycles. The largest absolute Gasteiger partial charge is 0.496 e. The lowest BCUT2D eigenvalue weighted by Gasteiger charge is -2.22. The highest BCUT2D eigenvalue weighted by atomic mass is 16.5. The van der Waals surface area contributed by atoms with Crippen LogP contribution >= 0.6 is 0 Å². The highest BCUT2D eigenvalue weighted by Crippen LogP contribution is 2.23. The maximum absolute atomic E-state index is 12.3. The first-order chi connectivity index (χ1) is 7.83. The van der Waals surface area contributed by atoms with Crippen LogP contribution in [0.1, 0.15) is 23.2 Å². The summed E-state index contributed by atoms with van der Waals surface area (Å²) < 4.78 is 5.22. The molecule has 0 bridgehead atoms. The molecule has 2 rings (SSSR count). The van der Waals surface area contributed by atoms with Crippen LogP contribution < -0.4 is 10.1 Å². The molecule has 1 aliphatic heterocycles. The van der Waals surface area contributed by atoms with Crippen molar-refractivity contribution in [2.24, 2.45) is 5.92 Å². The van der Waals surface area contributed by atoms with E-state index in [0.717, 1.165) is 25.9 Å². The minimum atomic E-state index is 0.102. The monoisotopic (exact) mass is 219 g/mol. The van der Waals surface area contributed by atoms with E-state index < -0.39 is 0 Å². The molecule has 3 nitrogen and oxygen atoms in total. The van der Waals surface area contributed by atoms with E-state index in [1.165, 1.54) is 0 Å². The number of hydrogen-bond acceptors (Lipinski definition) is 3. The van der Waals surface area contributed by atoms with E-state index in [-0.39, 0.29) is 11.7 Å². The summed E-state index contributed by atoms with van der Waals surface area (Å²) in [6.07, 6.45) is 2.05. The van der Waals surface area contributed by atoms with E-state index in [9.17, 15) is 4.79 Å². The molecule has 0 aromatic heterocycles. The second-order valence-corrected chi connectivity index (χ2v) is 4.11. The highest BCUT2D eigenvalue weighted by Gasteiger charge is 2.24. The van der Waals surface area contributed by atoms with Gasteiger partial charge in [-0.3, -0.25) is 4.79 Å². The first-order valence-electron chi connectivity index (χ1n) is 5.71. The van der Waals surface area contributed by atoms with E-state index in [4.69, 9.17) is 4.74 Å². The van der Waals surface area contributed by atoms with Gasteiger partial charge in [-0.1, -0.05) is 12.1 Å². The van der Waals surface area contributed by atoms with Crippen molar-refractivity contribution < 1.29 is 9.53 Å². The highest BCUT2D eigenvalue weighted by molar-refractivity contribution is 6.00. The van der Waals surface area contributed by atoms with Gasteiger partial charge in [0.15, 0.2) is 5.78 Å². The zero-order chi connectivity index (χ0) is 11.4. The molecule has 1 atom stereocenters. The summed E-state index contributed by atoms with van der Waals surface area (Å²) in [6, 6.07) is 7.44. The topological polar surface area (TPSA) is 38.3 Å². The summed E-state index contributed by atoms with van der Waals surface area (Å²) in [5, 5.41) is 3.26. The Balaban J connectivity index is 2.19. The number of rotatable bonds is 3. The van der Waals surface area contributed by atoms with Crippen LogP contribution in [-0.4, -0.2) is 26.0 Å². The molecule has 1 fully saturated rings. The normalized spacial score (nSPS) is 20.4. The third-order valence-electron chi connectivity index (χ3n) is 3.04. The number of Topliss-reactive ketones (excluding diaryl/α,β-unsaturated/α-hetero) is 1. The third-order valence-corrected chi connectivity index (χ3v) is 3.04. The van der Waals surface area contributed by atoms with E-state index in [0.29, 0.717) is 11.3 Å². The predicted molar refractivity (Wildman–Crippen MR) is 62.9 cm³/mol. The van der Waals surface area contributed by atoms with Crippen LogP contribution in [0.15, 0.2) is 24.3 Å². The van der Waals surface area contributed by atoms with Crippen LogP contribution in [0.4, 0.5) is 0 Å². The maximum atomic E-state index is 12.3. The Morgan fingerprint density at radius 2 is 2.25 bits per heavy atom. The summed E-state index contributed by atoms with van der Waals surface area (Å²) in [4.78, 5) is 12.3. The molecule has 0 aliphatic carbocycles. The lowest BCUT2D eigenvalue weighted by Crippen LogP contribution is -2.34. The Bertz CT molecular complexity index is 370. The average molecular weight is 219 g/mol. The second kappa shape index (κ2) is 5.12. The Morgan fingerprint density at radius 3 is 2.94 bits per heavy atom. The van der Waals surface area contributed by atoms with E-state index in [1.54, 1.807) is 7.11 Å². The smallest absolute Gasteiger partial charge is 0.170 e. The van der Waals surface area contributed by atoms with Crippen LogP contribution in [0.3, 0.4) is 0 Å². The van der Waals surface area contributed by atoms with Gasteiger partial charge in [-0.05, 0) is 31.5 Å². The first kappa shape index (κ1) is 11.1. The van der Waals surface area contributed by atoms with E-state index in [1.807, 2.05) is 24.3 Å².